The molecule has 0 spiro atoms. The Morgan fingerprint density at radius 3 is 2.44 bits per heavy atom. The molecule has 15 heteroatoms. The minimum atomic E-state index is -5.18. The van der Waals surface area contributed by atoms with Crippen LogP contribution in [-0.4, -0.2) is 44.7 Å². The number of allylic oxidation sites excluding steroid dienone is 2. The van der Waals surface area contributed by atoms with Gasteiger partial charge in [-0.25, -0.2) is 4.79 Å². The number of aromatic carboxylic acids is 1. The van der Waals surface area contributed by atoms with E-state index in [0.29, 0.717) is 10.9 Å². The Hall–Kier alpha value is -5.02. The number of aliphatic hydroxyl groups is 1. The fourth-order valence-corrected chi connectivity index (χ4v) is 4.96. The first-order chi connectivity index (χ1) is 22.5. The average Bonchev–Trinajstić information content (AvgIpc) is 3.01. The van der Waals surface area contributed by atoms with Crippen LogP contribution in [0.15, 0.2) is 76.0 Å². The number of carbonyl (C=O) groups excluding carboxylic acids is 1. The van der Waals surface area contributed by atoms with Crippen molar-refractivity contribution in [3.8, 4) is 11.5 Å². The SMILES string of the molecule is O=C(O)c1oc2c(c(=O)c1[C@H](/C=C/C=C\CCOc1ccc(C(=O)C(F)(F)F)c(O)c1)[C@@H](O)c1cccc(C(F)(F)F)c1)=CCC(=S)C=2. The lowest BCUT2D eigenvalue weighted by Crippen LogP contribution is -2.45. The molecular weight excluding hydrogens is 670 g/mol. The Bertz CT molecular complexity index is 1990. The Balaban J connectivity index is 1.61. The van der Waals surface area contributed by atoms with E-state index in [9.17, 15) is 56.0 Å². The van der Waals surface area contributed by atoms with Crippen LogP contribution in [0.5, 0.6) is 11.5 Å². The molecule has 3 N–H and O–H groups in total. The van der Waals surface area contributed by atoms with Gasteiger partial charge in [0.2, 0.25) is 5.76 Å². The number of carbonyl (C=O) groups is 2. The zero-order valence-electron chi connectivity index (χ0n) is 24.3. The second-order valence-electron chi connectivity index (χ2n) is 10.3. The summed E-state index contributed by atoms with van der Waals surface area (Å²) in [5.41, 5.74) is -3.72. The lowest BCUT2D eigenvalue weighted by molar-refractivity contribution is -0.137. The van der Waals surface area contributed by atoms with Gasteiger partial charge in [-0.2, -0.15) is 26.3 Å². The number of ketones is 1. The molecule has 8 nitrogen and oxygen atoms in total. The molecule has 1 aliphatic carbocycles. The van der Waals surface area contributed by atoms with Crippen molar-refractivity contribution in [2.45, 2.75) is 37.2 Å². The smallest absolute Gasteiger partial charge is 0.455 e. The standard InChI is InChI=1S/C33H24F6O8S/c34-32(35,36)18-7-5-6-17(14-18)27(41)23(26-28(42)22-12-10-20(48)16-25(22)47-29(26)31(44)45)8-3-1-2-4-13-46-19-9-11-21(24(40)15-19)30(43)33(37,38)39/h1-3,5-9,11-12,14-16,23,27,40-41H,4,10,13H2,(H,44,45)/b2-1-,8-3+/t23-,27-/m0/s1. The highest BCUT2D eigenvalue weighted by Crippen LogP contribution is 2.36. The van der Waals surface area contributed by atoms with Crippen molar-refractivity contribution < 1.29 is 60.4 Å². The maximum Gasteiger partial charge on any atom is 0.455 e. The molecule has 0 aliphatic heterocycles. The van der Waals surface area contributed by atoms with Crippen LogP contribution in [0.3, 0.4) is 0 Å². The van der Waals surface area contributed by atoms with Gasteiger partial charge in [0.05, 0.1) is 34.6 Å². The van der Waals surface area contributed by atoms with Gasteiger partial charge in [0, 0.05) is 23.3 Å². The maximum atomic E-state index is 13.6. The van der Waals surface area contributed by atoms with Crippen LogP contribution in [-0.2, 0) is 6.18 Å². The van der Waals surface area contributed by atoms with Gasteiger partial charge in [-0.1, -0.05) is 54.7 Å². The monoisotopic (exact) mass is 694 g/mol. The second kappa shape index (κ2) is 14.4. The molecule has 1 aliphatic rings. The zero-order chi connectivity index (χ0) is 35.4. The van der Waals surface area contributed by atoms with E-state index in [1.54, 1.807) is 0 Å². The first-order valence-corrected chi connectivity index (χ1v) is 14.3. The number of phenolic OH excluding ortho intramolecular Hbond substituents is 1. The summed E-state index contributed by atoms with van der Waals surface area (Å²) in [4.78, 5) is 37.6. The number of hydrogen-bond acceptors (Lipinski definition) is 8. The minimum absolute atomic E-state index is 0.0206. The van der Waals surface area contributed by atoms with Gasteiger partial charge in [0.25, 0.3) is 5.78 Å². The molecule has 0 saturated heterocycles. The predicted molar refractivity (Wildman–Crippen MR) is 163 cm³/mol. The average molecular weight is 695 g/mol. The molecule has 0 radical (unpaired) electrons. The normalized spacial score (nSPS) is 14.7. The molecule has 252 valence electrons. The highest BCUT2D eigenvalue weighted by molar-refractivity contribution is 7.81. The highest BCUT2D eigenvalue weighted by Gasteiger charge is 2.40. The number of carboxylic acids is 1. The number of hydrogen-bond donors (Lipinski definition) is 3. The summed E-state index contributed by atoms with van der Waals surface area (Å²) in [5, 5.41) is 31.0. The van der Waals surface area contributed by atoms with Gasteiger partial charge in [-0.15, -0.1) is 0 Å². The number of Topliss-reactive ketones (excluding diaryl/α,β-unsaturated/α-hetero) is 1. The molecule has 1 heterocycles. The van der Waals surface area contributed by atoms with Crippen LogP contribution in [0.4, 0.5) is 26.3 Å². The number of ether oxygens (including phenoxy) is 1. The van der Waals surface area contributed by atoms with E-state index in [1.165, 1.54) is 42.5 Å². The number of halogens is 6. The number of thiocarbonyl (C=S) groups is 1. The molecule has 1 aromatic heterocycles. The Kier molecular flexibility index (Phi) is 10.7. The predicted octanol–water partition coefficient (Wildman–Crippen LogP) is 5.54. The molecule has 0 unspecified atom stereocenters. The van der Waals surface area contributed by atoms with Crippen molar-refractivity contribution in [1.82, 2.24) is 0 Å². The van der Waals surface area contributed by atoms with Gasteiger partial charge in [0.1, 0.15) is 16.9 Å². The van der Waals surface area contributed by atoms with Crippen molar-refractivity contribution in [3.05, 3.63) is 116 Å². The van der Waals surface area contributed by atoms with Crippen molar-refractivity contribution >= 4 is 41.0 Å². The van der Waals surface area contributed by atoms with Crippen molar-refractivity contribution in [1.29, 1.82) is 0 Å². The third-order valence-electron chi connectivity index (χ3n) is 7.02. The number of benzene rings is 2. The summed E-state index contributed by atoms with van der Waals surface area (Å²) in [5.74, 6) is -7.19. The molecule has 2 atom stereocenters. The summed E-state index contributed by atoms with van der Waals surface area (Å²) in [7, 11) is 0. The number of alkyl halides is 6. The van der Waals surface area contributed by atoms with Crippen LogP contribution < -0.4 is 20.8 Å². The largest absolute Gasteiger partial charge is 0.507 e. The van der Waals surface area contributed by atoms with Crippen molar-refractivity contribution in [2.75, 3.05) is 6.61 Å². The van der Waals surface area contributed by atoms with Gasteiger partial charge in [0.15, 0.2) is 5.43 Å². The van der Waals surface area contributed by atoms with Crippen LogP contribution >= 0.6 is 12.2 Å². The summed E-state index contributed by atoms with van der Waals surface area (Å²) < 4.78 is 89.1. The summed E-state index contributed by atoms with van der Waals surface area (Å²) >= 11 is 5.11. The fourth-order valence-electron chi connectivity index (χ4n) is 4.76. The Morgan fingerprint density at radius 1 is 1.06 bits per heavy atom. The molecular formula is C33H24F6O8S. The quantitative estimate of drug-likeness (QED) is 0.0778. The van der Waals surface area contributed by atoms with E-state index < -0.39 is 69.8 Å². The van der Waals surface area contributed by atoms with E-state index in [2.05, 4.69) is 0 Å². The van der Waals surface area contributed by atoms with E-state index in [4.69, 9.17) is 21.4 Å². The topological polar surface area (TPSA) is 134 Å². The van der Waals surface area contributed by atoms with E-state index in [-0.39, 0.29) is 41.4 Å². The number of carboxylic acid groups (broad SMARTS) is 1. The molecule has 0 fully saturated rings. The molecule has 3 aromatic rings. The number of aliphatic hydroxyl groups excluding tert-OH is 1. The zero-order valence-corrected chi connectivity index (χ0v) is 25.2. The van der Waals surface area contributed by atoms with Crippen molar-refractivity contribution in [3.63, 3.8) is 0 Å². The lowest BCUT2D eigenvalue weighted by Gasteiger charge is -2.22. The molecule has 48 heavy (non-hydrogen) atoms. The Labute approximate surface area is 272 Å². The van der Waals surface area contributed by atoms with Crippen LogP contribution in [0.2, 0.25) is 0 Å². The molecule has 4 rings (SSSR count). The fraction of sp³-hybridized carbons (Fsp3) is 0.212. The van der Waals surface area contributed by atoms with Crippen LogP contribution in [0, 0.1) is 0 Å². The van der Waals surface area contributed by atoms with Gasteiger partial charge >= 0.3 is 18.3 Å². The summed E-state index contributed by atoms with van der Waals surface area (Å²) in [6.45, 7) is -0.0571. The number of rotatable bonds is 11. The first-order valence-electron chi connectivity index (χ1n) is 13.9. The van der Waals surface area contributed by atoms with Crippen molar-refractivity contribution in [2.24, 2.45) is 0 Å². The van der Waals surface area contributed by atoms with E-state index in [0.717, 1.165) is 30.3 Å². The van der Waals surface area contributed by atoms with Crippen LogP contribution in [0.25, 0.3) is 12.2 Å². The number of phenols is 1. The third kappa shape index (κ3) is 8.27. The van der Waals surface area contributed by atoms with Gasteiger partial charge in [-0.05, 0) is 42.3 Å². The van der Waals surface area contributed by atoms with Gasteiger partial charge < -0.3 is 24.5 Å². The minimum Gasteiger partial charge on any atom is -0.507 e. The van der Waals surface area contributed by atoms with E-state index >= 15 is 0 Å². The second-order valence-corrected chi connectivity index (χ2v) is 10.9. The third-order valence-corrected chi connectivity index (χ3v) is 7.31. The van der Waals surface area contributed by atoms with E-state index in [1.807, 2.05) is 0 Å². The molecule has 0 amide bonds. The highest BCUT2D eigenvalue weighted by atomic mass is 32.1. The molecule has 0 saturated carbocycles. The first kappa shape index (κ1) is 35.8. The summed E-state index contributed by atoms with van der Waals surface area (Å²) in [6, 6.07) is 6.39. The molecule has 0 bridgehead atoms. The van der Waals surface area contributed by atoms with Gasteiger partial charge in [-0.3, -0.25) is 9.59 Å². The Morgan fingerprint density at radius 2 is 1.79 bits per heavy atom. The number of fused-ring (bicyclic) bond motifs is 1. The van der Waals surface area contributed by atoms with Crippen LogP contribution in [0.1, 0.15) is 62.5 Å². The summed E-state index contributed by atoms with van der Waals surface area (Å²) in [6.07, 6.45) is -3.21. The lowest BCUT2D eigenvalue weighted by atomic mass is 9.86. The molecule has 2 aromatic carbocycles. The number of aromatic hydroxyl groups is 1. The maximum absolute atomic E-state index is 13.6.